The molecule has 6 heteroatoms. The van der Waals surface area contributed by atoms with Crippen molar-refractivity contribution < 1.29 is 19.0 Å². The molecule has 3 rings (SSSR count). The molecule has 0 unspecified atom stereocenters. The molecule has 0 radical (unpaired) electrons. The van der Waals surface area contributed by atoms with Gasteiger partial charge >= 0.3 is 0 Å². The van der Waals surface area contributed by atoms with Crippen LogP contribution in [0.3, 0.4) is 0 Å². The van der Waals surface area contributed by atoms with Crippen LogP contribution in [0.15, 0.2) is 66.3 Å². The van der Waals surface area contributed by atoms with Gasteiger partial charge in [-0.1, -0.05) is 30.9 Å². The number of hydrazone groups is 1. The van der Waals surface area contributed by atoms with Crippen molar-refractivity contribution in [1.29, 1.82) is 0 Å². The summed E-state index contributed by atoms with van der Waals surface area (Å²) in [6.07, 6.45) is 6.27. The fraction of sp³-hybridized carbons (Fsp3) is 0.100. The summed E-state index contributed by atoms with van der Waals surface area (Å²) < 4.78 is 16.1. The lowest BCUT2D eigenvalue weighted by Crippen LogP contribution is -2.14. The van der Waals surface area contributed by atoms with Crippen molar-refractivity contribution in [2.75, 3.05) is 13.4 Å². The van der Waals surface area contributed by atoms with Gasteiger partial charge in [0.15, 0.2) is 11.5 Å². The summed E-state index contributed by atoms with van der Waals surface area (Å²) in [5, 5.41) is 3.95. The van der Waals surface area contributed by atoms with Crippen LogP contribution in [-0.2, 0) is 4.79 Å². The number of amides is 1. The number of benzene rings is 2. The summed E-state index contributed by atoms with van der Waals surface area (Å²) in [5.74, 6) is 1.69. The van der Waals surface area contributed by atoms with Gasteiger partial charge in [-0.15, -0.1) is 0 Å². The Labute approximate surface area is 151 Å². The molecule has 0 bridgehead atoms. The van der Waals surface area contributed by atoms with E-state index in [1.807, 2.05) is 36.4 Å². The van der Waals surface area contributed by atoms with E-state index in [9.17, 15) is 4.79 Å². The van der Waals surface area contributed by atoms with Gasteiger partial charge in [0, 0.05) is 11.6 Å². The fourth-order valence-corrected chi connectivity index (χ4v) is 2.26. The lowest BCUT2D eigenvalue weighted by Gasteiger charge is -2.05. The number of rotatable bonds is 7. The molecule has 132 valence electrons. The first kappa shape index (κ1) is 17.3. The molecule has 1 heterocycles. The molecule has 0 spiro atoms. The van der Waals surface area contributed by atoms with Gasteiger partial charge < -0.3 is 14.2 Å². The highest BCUT2D eigenvalue weighted by molar-refractivity contribution is 5.93. The lowest BCUT2D eigenvalue weighted by atomic mass is 10.2. The number of carbonyl (C=O) groups is 1. The molecule has 2 aromatic carbocycles. The van der Waals surface area contributed by atoms with Gasteiger partial charge in [0.1, 0.15) is 12.4 Å². The smallest absolute Gasteiger partial charge is 0.264 e. The topological polar surface area (TPSA) is 69.2 Å². The Balaban J connectivity index is 1.57. The van der Waals surface area contributed by atoms with Crippen molar-refractivity contribution >= 4 is 18.2 Å². The summed E-state index contributed by atoms with van der Waals surface area (Å²) >= 11 is 0. The molecule has 0 atom stereocenters. The zero-order valence-electron chi connectivity index (χ0n) is 14.1. The van der Waals surface area contributed by atoms with E-state index in [2.05, 4.69) is 17.1 Å². The molecular weight excluding hydrogens is 332 g/mol. The fourth-order valence-electron chi connectivity index (χ4n) is 2.26. The zero-order valence-corrected chi connectivity index (χ0v) is 14.1. The van der Waals surface area contributed by atoms with E-state index < -0.39 is 0 Å². The van der Waals surface area contributed by atoms with Gasteiger partial charge in [-0.3, -0.25) is 4.79 Å². The summed E-state index contributed by atoms with van der Waals surface area (Å²) in [4.78, 5) is 11.9. The third-order valence-corrected chi connectivity index (χ3v) is 3.48. The van der Waals surface area contributed by atoms with Gasteiger partial charge in [0.2, 0.25) is 6.79 Å². The molecule has 1 N–H and O–H groups in total. The van der Waals surface area contributed by atoms with E-state index in [1.54, 1.807) is 18.2 Å². The molecule has 1 aliphatic rings. The molecule has 0 aromatic heterocycles. The molecule has 0 saturated heterocycles. The van der Waals surface area contributed by atoms with Crippen LogP contribution in [0, 0.1) is 0 Å². The Kier molecular flexibility index (Phi) is 5.67. The number of para-hydroxylation sites is 1. The minimum absolute atomic E-state index is 0.218. The van der Waals surface area contributed by atoms with Crippen molar-refractivity contribution in [3.8, 4) is 17.2 Å². The predicted molar refractivity (Wildman–Crippen MR) is 99.5 cm³/mol. The number of fused-ring (bicyclic) bond motifs is 1. The Morgan fingerprint density at radius 2 is 2.08 bits per heavy atom. The third-order valence-electron chi connectivity index (χ3n) is 3.48. The van der Waals surface area contributed by atoms with E-state index in [4.69, 9.17) is 14.2 Å². The molecular formula is C20H18N2O4. The van der Waals surface area contributed by atoms with Crippen LogP contribution < -0.4 is 19.6 Å². The Bertz CT molecular complexity index is 859. The molecule has 26 heavy (non-hydrogen) atoms. The first-order valence-corrected chi connectivity index (χ1v) is 8.00. The average Bonchev–Trinajstić information content (AvgIpc) is 3.13. The second kappa shape index (κ2) is 8.53. The van der Waals surface area contributed by atoms with Crippen molar-refractivity contribution in [2.24, 2.45) is 5.10 Å². The normalized spacial score (nSPS) is 12.5. The predicted octanol–water partition coefficient (Wildman–Crippen LogP) is 3.14. The maximum Gasteiger partial charge on any atom is 0.264 e. The lowest BCUT2D eigenvalue weighted by molar-refractivity contribution is -0.116. The Hall–Kier alpha value is -3.54. The number of carbonyl (C=O) groups excluding carboxylic acids is 1. The maximum atomic E-state index is 11.9. The first-order chi connectivity index (χ1) is 12.8. The highest BCUT2D eigenvalue weighted by atomic mass is 16.7. The number of ether oxygens (including phenoxy) is 3. The molecule has 6 nitrogen and oxygen atoms in total. The molecule has 1 aliphatic heterocycles. The number of hydrogen-bond donors (Lipinski definition) is 1. The summed E-state index contributed by atoms with van der Waals surface area (Å²) in [6.45, 7) is 4.23. The van der Waals surface area contributed by atoms with Gasteiger partial charge in [0.25, 0.3) is 5.91 Å². The quantitative estimate of drug-likeness (QED) is 0.360. The van der Waals surface area contributed by atoms with Crippen LogP contribution in [0.1, 0.15) is 11.1 Å². The second-order valence-electron chi connectivity index (χ2n) is 5.32. The minimum Gasteiger partial charge on any atom is -0.489 e. The average molecular weight is 350 g/mol. The van der Waals surface area contributed by atoms with E-state index in [0.717, 1.165) is 11.1 Å². The van der Waals surface area contributed by atoms with Gasteiger partial charge in [-0.05, 0) is 35.9 Å². The number of hydrogen-bond acceptors (Lipinski definition) is 5. The molecule has 2 aromatic rings. The van der Waals surface area contributed by atoms with Crippen LogP contribution in [-0.4, -0.2) is 25.5 Å². The third kappa shape index (κ3) is 4.51. The van der Waals surface area contributed by atoms with E-state index in [0.29, 0.717) is 23.9 Å². The minimum atomic E-state index is -0.344. The largest absolute Gasteiger partial charge is 0.489 e. The molecule has 0 aliphatic carbocycles. The second-order valence-corrected chi connectivity index (χ2v) is 5.32. The van der Waals surface area contributed by atoms with Crippen LogP contribution in [0.4, 0.5) is 0 Å². The van der Waals surface area contributed by atoms with Crippen molar-refractivity contribution in [3.05, 3.63) is 72.3 Å². The van der Waals surface area contributed by atoms with Crippen molar-refractivity contribution in [3.63, 3.8) is 0 Å². The van der Waals surface area contributed by atoms with Gasteiger partial charge in [-0.2, -0.15) is 5.10 Å². The van der Waals surface area contributed by atoms with E-state index in [-0.39, 0.29) is 12.7 Å². The Morgan fingerprint density at radius 3 is 2.96 bits per heavy atom. The van der Waals surface area contributed by atoms with Crippen LogP contribution in [0.25, 0.3) is 6.08 Å². The summed E-state index contributed by atoms with van der Waals surface area (Å²) in [7, 11) is 0. The van der Waals surface area contributed by atoms with Crippen LogP contribution >= 0.6 is 0 Å². The van der Waals surface area contributed by atoms with Crippen LogP contribution in [0.2, 0.25) is 0 Å². The molecule has 0 saturated carbocycles. The van der Waals surface area contributed by atoms with Gasteiger partial charge in [0.05, 0.1) is 6.21 Å². The first-order valence-electron chi connectivity index (χ1n) is 8.00. The molecule has 0 fully saturated rings. The monoisotopic (exact) mass is 350 g/mol. The summed E-state index contributed by atoms with van der Waals surface area (Å²) in [6, 6.07) is 12.9. The maximum absolute atomic E-state index is 11.9. The number of nitrogens with zero attached hydrogens (tertiary/aromatic N) is 1. The summed E-state index contributed by atoms with van der Waals surface area (Å²) in [5.41, 5.74) is 4.04. The highest BCUT2D eigenvalue weighted by Gasteiger charge is 2.12. The standard InChI is InChI=1S/C20H18N2O4/c1-2-11-24-17-6-4-3-5-16(17)13-21-22-20(23)10-8-15-7-9-18-19(12-15)26-14-25-18/h2-10,12-13H,1,11,14H2,(H,22,23). The van der Waals surface area contributed by atoms with E-state index >= 15 is 0 Å². The molecule has 1 amide bonds. The highest BCUT2D eigenvalue weighted by Crippen LogP contribution is 2.32. The van der Waals surface area contributed by atoms with Crippen LogP contribution in [0.5, 0.6) is 17.2 Å². The Morgan fingerprint density at radius 1 is 1.23 bits per heavy atom. The number of nitrogens with one attached hydrogen (secondary N) is 1. The van der Waals surface area contributed by atoms with Gasteiger partial charge in [-0.25, -0.2) is 5.43 Å². The SMILES string of the molecule is C=CCOc1ccccc1C=NNC(=O)C=Cc1ccc2c(c1)OCO2. The van der Waals surface area contributed by atoms with E-state index in [1.165, 1.54) is 12.3 Å². The van der Waals surface area contributed by atoms with Crippen molar-refractivity contribution in [1.82, 2.24) is 5.43 Å². The zero-order chi connectivity index (χ0) is 18.2. The van der Waals surface area contributed by atoms with Crippen molar-refractivity contribution in [2.45, 2.75) is 0 Å².